The van der Waals surface area contributed by atoms with Crippen molar-refractivity contribution in [1.29, 1.82) is 0 Å². The van der Waals surface area contributed by atoms with E-state index in [1.165, 1.54) is 33.3 Å². The van der Waals surface area contributed by atoms with Gasteiger partial charge in [-0.1, -0.05) is 0 Å². The number of hydrogen-bond donors (Lipinski definition) is 1. The first-order valence-corrected chi connectivity index (χ1v) is 5.98. The van der Waals surface area contributed by atoms with Crippen molar-refractivity contribution < 1.29 is 32.2 Å². The van der Waals surface area contributed by atoms with Gasteiger partial charge in [-0.25, -0.2) is 0 Å². The first kappa shape index (κ1) is 17.1. The lowest BCUT2D eigenvalue weighted by molar-refractivity contribution is -0.184. The quantitative estimate of drug-likeness (QED) is 0.877. The van der Waals surface area contributed by atoms with Gasteiger partial charge in [-0.2, -0.15) is 13.2 Å². The van der Waals surface area contributed by atoms with E-state index in [0.717, 1.165) is 0 Å². The second kappa shape index (κ2) is 7.16. The average molecular weight is 307 g/mol. The predicted molar refractivity (Wildman–Crippen MR) is 69.6 cm³/mol. The van der Waals surface area contributed by atoms with Gasteiger partial charge in [-0.15, -0.1) is 0 Å². The van der Waals surface area contributed by atoms with Gasteiger partial charge in [-0.05, 0) is 19.1 Å². The van der Waals surface area contributed by atoms with Gasteiger partial charge in [0.15, 0.2) is 0 Å². The highest BCUT2D eigenvalue weighted by molar-refractivity contribution is 5.95. The molecular formula is C13H16F3NO4. The molecule has 1 aromatic carbocycles. The van der Waals surface area contributed by atoms with E-state index in [0.29, 0.717) is 17.2 Å². The summed E-state index contributed by atoms with van der Waals surface area (Å²) in [5.41, 5.74) is 0.311. The standard InChI is InChI=1S/C13H16F3NO4/c1-8(21-7-13(14,15)16)12(18)17-10-5-4-9(19-2)6-11(10)20-3/h4-6,8H,7H2,1-3H3,(H,17,18)/t8-/m1/s1. The maximum absolute atomic E-state index is 12.0. The van der Waals surface area contributed by atoms with E-state index in [2.05, 4.69) is 10.1 Å². The van der Waals surface area contributed by atoms with Crippen LogP contribution in [0.15, 0.2) is 18.2 Å². The fraction of sp³-hybridized carbons (Fsp3) is 0.462. The van der Waals surface area contributed by atoms with E-state index in [1.54, 1.807) is 6.07 Å². The summed E-state index contributed by atoms with van der Waals surface area (Å²) in [6.07, 6.45) is -5.73. The number of nitrogens with one attached hydrogen (secondary N) is 1. The highest BCUT2D eigenvalue weighted by Crippen LogP contribution is 2.29. The summed E-state index contributed by atoms with van der Waals surface area (Å²) in [6.45, 7) is -0.252. The molecule has 21 heavy (non-hydrogen) atoms. The summed E-state index contributed by atoms with van der Waals surface area (Å²) < 4.78 is 50.6. The summed E-state index contributed by atoms with van der Waals surface area (Å²) in [6, 6.07) is 4.64. The van der Waals surface area contributed by atoms with Crippen molar-refractivity contribution in [2.24, 2.45) is 0 Å². The minimum atomic E-state index is -4.48. The number of carbonyl (C=O) groups excluding carboxylic acids is 1. The molecule has 118 valence electrons. The molecule has 0 saturated heterocycles. The number of ether oxygens (including phenoxy) is 3. The maximum Gasteiger partial charge on any atom is 0.411 e. The third kappa shape index (κ3) is 5.50. The summed E-state index contributed by atoms with van der Waals surface area (Å²) in [4.78, 5) is 11.8. The molecule has 0 spiro atoms. The number of alkyl halides is 3. The SMILES string of the molecule is COc1ccc(NC(=O)[C@@H](C)OCC(F)(F)F)c(OC)c1. The van der Waals surface area contributed by atoms with E-state index in [-0.39, 0.29) is 0 Å². The van der Waals surface area contributed by atoms with Crippen LogP contribution in [0.1, 0.15) is 6.92 Å². The monoisotopic (exact) mass is 307 g/mol. The van der Waals surface area contributed by atoms with E-state index < -0.39 is 24.8 Å². The van der Waals surface area contributed by atoms with Crippen molar-refractivity contribution in [3.8, 4) is 11.5 Å². The third-order valence-corrected chi connectivity index (χ3v) is 2.53. The van der Waals surface area contributed by atoms with Gasteiger partial charge >= 0.3 is 6.18 Å². The number of anilines is 1. The molecular weight excluding hydrogens is 291 g/mol. The van der Waals surface area contributed by atoms with Gasteiger partial charge < -0.3 is 19.5 Å². The Bertz CT molecular complexity index is 491. The Kier molecular flexibility index (Phi) is 5.83. The van der Waals surface area contributed by atoms with Gasteiger partial charge in [0.05, 0.1) is 19.9 Å². The van der Waals surface area contributed by atoms with Crippen molar-refractivity contribution >= 4 is 11.6 Å². The molecule has 0 bridgehead atoms. The summed E-state index contributed by atoms with van der Waals surface area (Å²) in [5.74, 6) is 0.139. The van der Waals surface area contributed by atoms with Crippen LogP contribution in [0.5, 0.6) is 11.5 Å². The summed E-state index contributed by atoms with van der Waals surface area (Å²) in [7, 11) is 2.87. The van der Waals surface area contributed by atoms with Crippen LogP contribution in [-0.4, -0.2) is 39.0 Å². The molecule has 0 fully saturated rings. The number of carbonyl (C=O) groups is 1. The molecule has 0 aliphatic carbocycles. The Balaban J connectivity index is 2.70. The smallest absolute Gasteiger partial charge is 0.411 e. The largest absolute Gasteiger partial charge is 0.497 e. The number of benzene rings is 1. The van der Waals surface area contributed by atoms with Crippen LogP contribution in [0, 0.1) is 0 Å². The van der Waals surface area contributed by atoms with Crippen LogP contribution in [0.4, 0.5) is 18.9 Å². The van der Waals surface area contributed by atoms with E-state index >= 15 is 0 Å². The fourth-order valence-corrected chi connectivity index (χ4v) is 1.43. The summed E-state index contributed by atoms with van der Waals surface area (Å²) in [5, 5.41) is 2.44. The lowest BCUT2D eigenvalue weighted by Crippen LogP contribution is -2.31. The Hall–Kier alpha value is -1.96. The van der Waals surface area contributed by atoms with Crippen molar-refractivity contribution in [2.75, 3.05) is 26.1 Å². The van der Waals surface area contributed by atoms with Crippen molar-refractivity contribution in [1.82, 2.24) is 0 Å². The average Bonchev–Trinajstić information content (AvgIpc) is 2.44. The Labute approximate surface area is 120 Å². The molecule has 0 radical (unpaired) electrons. The maximum atomic E-state index is 12.0. The predicted octanol–water partition coefficient (Wildman–Crippen LogP) is 2.61. The second-order valence-corrected chi connectivity index (χ2v) is 4.12. The number of halogens is 3. The molecule has 1 amide bonds. The summed E-state index contributed by atoms with van der Waals surface area (Å²) >= 11 is 0. The lowest BCUT2D eigenvalue weighted by atomic mass is 10.2. The van der Waals surface area contributed by atoms with Crippen LogP contribution in [0.2, 0.25) is 0 Å². The first-order valence-electron chi connectivity index (χ1n) is 5.98. The minimum Gasteiger partial charge on any atom is -0.497 e. The highest BCUT2D eigenvalue weighted by atomic mass is 19.4. The van der Waals surface area contributed by atoms with Crippen LogP contribution in [-0.2, 0) is 9.53 Å². The van der Waals surface area contributed by atoms with Gasteiger partial charge in [0, 0.05) is 6.07 Å². The van der Waals surface area contributed by atoms with Crippen molar-refractivity contribution in [3.63, 3.8) is 0 Å². The molecule has 0 saturated carbocycles. The van der Waals surface area contributed by atoms with E-state index in [9.17, 15) is 18.0 Å². The van der Waals surface area contributed by atoms with Gasteiger partial charge in [0.25, 0.3) is 5.91 Å². The molecule has 8 heteroatoms. The van der Waals surface area contributed by atoms with Crippen LogP contribution >= 0.6 is 0 Å². The minimum absolute atomic E-state index is 0.311. The zero-order chi connectivity index (χ0) is 16.0. The molecule has 5 nitrogen and oxygen atoms in total. The highest BCUT2D eigenvalue weighted by Gasteiger charge is 2.30. The van der Waals surface area contributed by atoms with Gasteiger partial charge in [0.2, 0.25) is 0 Å². The number of methoxy groups -OCH3 is 2. The molecule has 0 aliphatic rings. The zero-order valence-electron chi connectivity index (χ0n) is 11.8. The van der Waals surface area contributed by atoms with E-state index in [1.807, 2.05) is 0 Å². The van der Waals surface area contributed by atoms with Gasteiger partial charge in [-0.3, -0.25) is 4.79 Å². The zero-order valence-corrected chi connectivity index (χ0v) is 11.8. The van der Waals surface area contributed by atoms with Gasteiger partial charge in [0.1, 0.15) is 24.2 Å². The molecule has 1 aromatic rings. The molecule has 1 atom stereocenters. The van der Waals surface area contributed by atoms with Crippen LogP contribution in [0.25, 0.3) is 0 Å². The molecule has 0 unspecified atom stereocenters. The van der Waals surface area contributed by atoms with Crippen LogP contribution in [0.3, 0.4) is 0 Å². The topological polar surface area (TPSA) is 56.8 Å². The molecule has 1 N–H and O–H groups in total. The fourth-order valence-electron chi connectivity index (χ4n) is 1.43. The normalized spacial score (nSPS) is 12.7. The molecule has 0 aliphatic heterocycles. The molecule has 0 aromatic heterocycles. The Morgan fingerprint density at radius 2 is 1.95 bits per heavy atom. The molecule has 1 rings (SSSR count). The first-order chi connectivity index (χ1) is 9.76. The van der Waals surface area contributed by atoms with Crippen LogP contribution < -0.4 is 14.8 Å². The van der Waals surface area contributed by atoms with Crippen molar-refractivity contribution in [2.45, 2.75) is 19.2 Å². The Morgan fingerprint density at radius 3 is 2.48 bits per heavy atom. The number of hydrogen-bond acceptors (Lipinski definition) is 4. The lowest BCUT2D eigenvalue weighted by Gasteiger charge is -2.16. The van der Waals surface area contributed by atoms with Crippen molar-refractivity contribution in [3.05, 3.63) is 18.2 Å². The number of amides is 1. The van der Waals surface area contributed by atoms with E-state index in [4.69, 9.17) is 9.47 Å². The number of rotatable bonds is 6. The second-order valence-electron chi connectivity index (χ2n) is 4.12. The molecule has 0 heterocycles. The third-order valence-electron chi connectivity index (χ3n) is 2.53. The Morgan fingerprint density at radius 1 is 1.29 bits per heavy atom.